The van der Waals surface area contributed by atoms with Crippen LogP contribution in [0.2, 0.25) is 0 Å². The number of hydrogen-bond donors (Lipinski definition) is 2. The van der Waals surface area contributed by atoms with Gasteiger partial charge < -0.3 is 9.64 Å². The molecule has 1 spiro atoms. The van der Waals surface area contributed by atoms with Gasteiger partial charge in [0, 0.05) is 31.0 Å². The fourth-order valence-electron chi connectivity index (χ4n) is 3.27. The summed E-state index contributed by atoms with van der Waals surface area (Å²) in [5.41, 5.74) is 2.14. The summed E-state index contributed by atoms with van der Waals surface area (Å²) in [7, 11) is 0. The van der Waals surface area contributed by atoms with Crippen LogP contribution in [-0.4, -0.2) is 40.1 Å². The van der Waals surface area contributed by atoms with Crippen LogP contribution in [0.25, 0.3) is 0 Å². The number of hydroxylamine groups is 1. The second kappa shape index (κ2) is 5.28. The topological polar surface area (TPSA) is 78.9 Å². The van der Waals surface area contributed by atoms with Crippen LogP contribution in [0.3, 0.4) is 0 Å². The molecule has 1 atom stereocenters. The number of carbonyl (C=O) groups excluding carboxylic acids is 2. The summed E-state index contributed by atoms with van der Waals surface area (Å²) in [6.07, 6.45) is 1.99. The largest absolute Gasteiger partial charge is 0.477 e. The third-order valence-corrected chi connectivity index (χ3v) is 4.56. The minimum atomic E-state index is -0.752. The predicted molar refractivity (Wildman–Crippen MR) is 78.8 cm³/mol. The van der Waals surface area contributed by atoms with E-state index in [1.54, 1.807) is 23.7 Å². The number of ether oxygens (including phenoxy) is 1. The number of amides is 2. The molecule has 2 amide bonds. The molecule has 2 heterocycles. The van der Waals surface area contributed by atoms with Gasteiger partial charge in [0.2, 0.25) is 0 Å². The fourth-order valence-corrected chi connectivity index (χ4v) is 3.27. The zero-order chi connectivity index (χ0) is 15.9. The van der Waals surface area contributed by atoms with Crippen molar-refractivity contribution >= 4 is 11.8 Å². The van der Waals surface area contributed by atoms with Crippen LogP contribution >= 0.6 is 0 Å². The molecule has 3 rings (SSSR count). The van der Waals surface area contributed by atoms with Gasteiger partial charge in [-0.25, -0.2) is 5.48 Å². The lowest BCUT2D eigenvalue weighted by atomic mass is 9.89. The minimum Gasteiger partial charge on any atom is -0.477 e. The van der Waals surface area contributed by atoms with Gasteiger partial charge in [-0.15, -0.1) is 0 Å². The maximum atomic E-state index is 12.7. The number of hydrogen-bond acceptors (Lipinski definition) is 4. The quantitative estimate of drug-likeness (QED) is 0.641. The van der Waals surface area contributed by atoms with Gasteiger partial charge in [-0.3, -0.25) is 14.8 Å². The van der Waals surface area contributed by atoms with E-state index in [9.17, 15) is 9.59 Å². The van der Waals surface area contributed by atoms with Crippen molar-refractivity contribution < 1.29 is 19.5 Å². The number of carbonyl (C=O) groups is 2. The lowest BCUT2D eigenvalue weighted by Crippen LogP contribution is -2.48. The summed E-state index contributed by atoms with van der Waals surface area (Å²) in [4.78, 5) is 26.0. The summed E-state index contributed by atoms with van der Waals surface area (Å²) in [6.45, 7) is 4.73. The Kier molecular flexibility index (Phi) is 3.56. The molecule has 6 nitrogen and oxygen atoms in total. The van der Waals surface area contributed by atoms with Gasteiger partial charge in [0.05, 0.1) is 0 Å². The number of aryl methyl sites for hydroxylation is 1. The summed E-state index contributed by atoms with van der Waals surface area (Å²) < 4.78 is 6.06. The third-order valence-electron chi connectivity index (χ3n) is 4.56. The molecule has 1 fully saturated rings. The van der Waals surface area contributed by atoms with Crippen LogP contribution in [-0.2, 0) is 11.2 Å². The standard InChI is InChI=1S/C16H20N2O4/c1-10(2)18-8-7-16(15(18)20)6-5-11-9-12(14(19)17-21)3-4-13(11)22-16/h3-4,9-10,21H,5-8H2,1-2H3,(H,17,19). The van der Waals surface area contributed by atoms with Gasteiger partial charge >= 0.3 is 0 Å². The molecule has 0 aromatic heterocycles. The Labute approximate surface area is 129 Å². The van der Waals surface area contributed by atoms with Crippen molar-refractivity contribution in [2.75, 3.05) is 6.54 Å². The molecule has 0 bridgehead atoms. The highest BCUT2D eigenvalue weighted by Crippen LogP contribution is 2.40. The molecule has 0 saturated carbocycles. The highest BCUT2D eigenvalue weighted by Gasteiger charge is 2.51. The van der Waals surface area contributed by atoms with E-state index in [-0.39, 0.29) is 11.9 Å². The average Bonchev–Trinajstić information content (AvgIpc) is 2.83. The van der Waals surface area contributed by atoms with E-state index in [4.69, 9.17) is 9.94 Å². The Balaban J connectivity index is 1.86. The first kappa shape index (κ1) is 14.8. The fraction of sp³-hybridized carbons (Fsp3) is 0.500. The second-order valence-electron chi connectivity index (χ2n) is 6.20. The first-order valence-electron chi connectivity index (χ1n) is 7.54. The molecule has 0 radical (unpaired) electrons. The average molecular weight is 304 g/mol. The second-order valence-corrected chi connectivity index (χ2v) is 6.20. The van der Waals surface area contributed by atoms with Crippen molar-refractivity contribution in [2.24, 2.45) is 0 Å². The van der Waals surface area contributed by atoms with Gasteiger partial charge in [0.15, 0.2) is 5.60 Å². The van der Waals surface area contributed by atoms with Crippen molar-refractivity contribution in [3.63, 3.8) is 0 Å². The smallest absolute Gasteiger partial charge is 0.274 e. The molecule has 118 valence electrons. The van der Waals surface area contributed by atoms with Crippen LogP contribution in [0.5, 0.6) is 5.75 Å². The summed E-state index contributed by atoms with van der Waals surface area (Å²) in [5.74, 6) is 0.163. The molecule has 2 aliphatic heterocycles. The zero-order valence-corrected chi connectivity index (χ0v) is 12.8. The van der Waals surface area contributed by atoms with Crippen LogP contribution in [0.4, 0.5) is 0 Å². The monoisotopic (exact) mass is 304 g/mol. The van der Waals surface area contributed by atoms with Crippen LogP contribution in [0.15, 0.2) is 18.2 Å². The van der Waals surface area contributed by atoms with E-state index in [0.29, 0.717) is 30.6 Å². The molecule has 22 heavy (non-hydrogen) atoms. The molecule has 2 N–H and O–H groups in total. The Morgan fingerprint density at radius 2 is 2.18 bits per heavy atom. The van der Waals surface area contributed by atoms with Crippen molar-refractivity contribution in [1.82, 2.24) is 10.4 Å². The SMILES string of the molecule is CC(C)N1CCC2(CCc3cc(C(=O)NO)ccc3O2)C1=O. The molecule has 1 aromatic carbocycles. The lowest BCUT2D eigenvalue weighted by molar-refractivity contribution is -0.143. The maximum absolute atomic E-state index is 12.7. The van der Waals surface area contributed by atoms with E-state index in [2.05, 4.69) is 0 Å². The van der Waals surface area contributed by atoms with E-state index in [0.717, 1.165) is 12.1 Å². The number of fused-ring (bicyclic) bond motifs is 1. The van der Waals surface area contributed by atoms with E-state index >= 15 is 0 Å². The molecular formula is C16H20N2O4. The van der Waals surface area contributed by atoms with Crippen molar-refractivity contribution in [3.05, 3.63) is 29.3 Å². The van der Waals surface area contributed by atoms with Crippen LogP contribution < -0.4 is 10.2 Å². The summed E-state index contributed by atoms with van der Waals surface area (Å²) in [5, 5.41) is 8.69. The lowest BCUT2D eigenvalue weighted by Gasteiger charge is -2.34. The highest BCUT2D eigenvalue weighted by molar-refractivity contribution is 5.94. The van der Waals surface area contributed by atoms with Gasteiger partial charge in [-0.2, -0.15) is 0 Å². The highest BCUT2D eigenvalue weighted by atomic mass is 16.5. The Morgan fingerprint density at radius 1 is 1.41 bits per heavy atom. The third kappa shape index (κ3) is 2.23. The zero-order valence-electron chi connectivity index (χ0n) is 12.8. The molecular weight excluding hydrogens is 284 g/mol. The normalized spacial score (nSPS) is 23.6. The Hall–Kier alpha value is -2.08. The molecule has 1 saturated heterocycles. The van der Waals surface area contributed by atoms with Crippen molar-refractivity contribution in [1.29, 1.82) is 0 Å². The molecule has 0 aliphatic carbocycles. The first-order valence-corrected chi connectivity index (χ1v) is 7.54. The summed E-state index contributed by atoms with van der Waals surface area (Å²) in [6, 6.07) is 5.16. The van der Waals surface area contributed by atoms with E-state index in [1.165, 1.54) is 0 Å². The minimum absolute atomic E-state index is 0.0605. The van der Waals surface area contributed by atoms with Gasteiger partial charge in [0.1, 0.15) is 5.75 Å². The maximum Gasteiger partial charge on any atom is 0.274 e. The number of nitrogens with zero attached hydrogens (tertiary/aromatic N) is 1. The molecule has 2 aliphatic rings. The number of likely N-dealkylation sites (tertiary alicyclic amines) is 1. The van der Waals surface area contributed by atoms with Gasteiger partial charge in [0.25, 0.3) is 11.8 Å². The molecule has 1 aromatic rings. The predicted octanol–water partition coefficient (Wildman–Crippen LogP) is 1.51. The van der Waals surface area contributed by atoms with Gasteiger partial charge in [-0.05, 0) is 44.0 Å². The molecule has 1 unspecified atom stereocenters. The van der Waals surface area contributed by atoms with Gasteiger partial charge in [-0.1, -0.05) is 0 Å². The van der Waals surface area contributed by atoms with Crippen molar-refractivity contribution in [3.8, 4) is 5.75 Å². The van der Waals surface area contributed by atoms with Crippen LogP contribution in [0, 0.1) is 0 Å². The number of rotatable bonds is 2. The molecule has 6 heteroatoms. The summed E-state index contributed by atoms with van der Waals surface area (Å²) >= 11 is 0. The Bertz CT molecular complexity index is 629. The number of benzene rings is 1. The first-order chi connectivity index (χ1) is 10.5. The van der Waals surface area contributed by atoms with Crippen LogP contribution in [0.1, 0.15) is 42.6 Å². The van der Waals surface area contributed by atoms with E-state index in [1.807, 2.05) is 18.7 Å². The Morgan fingerprint density at radius 3 is 2.82 bits per heavy atom. The van der Waals surface area contributed by atoms with Crippen molar-refractivity contribution in [2.45, 2.75) is 44.8 Å². The van der Waals surface area contributed by atoms with E-state index < -0.39 is 11.5 Å². The number of nitrogens with one attached hydrogen (secondary N) is 1.